The fourth-order valence-corrected chi connectivity index (χ4v) is 5.47. The van der Waals surface area contributed by atoms with Crippen molar-refractivity contribution >= 4 is 43.0 Å². The first-order chi connectivity index (χ1) is 18.0. The predicted octanol–water partition coefficient (Wildman–Crippen LogP) is 5.48. The van der Waals surface area contributed by atoms with E-state index < -0.39 is 6.10 Å². The van der Waals surface area contributed by atoms with Gasteiger partial charge in [0.15, 0.2) is 11.9 Å². The number of carbonyl (C=O) groups excluding carboxylic acids is 3. The quantitative estimate of drug-likeness (QED) is 0.186. The van der Waals surface area contributed by atoms with Crippen LogP contribution in [0.1, 0.15) is 91.9 Å². The van der Waals surface area contributed by atoms with Crippen molar-refractivity contribution in [3.8, 4) is 0 Å². The topological polar surface area (TPSA) is 88.1 Å². The van der Waals surface area contributed by atoms with Gasteiger partial charge in [0.1, 0.15) is 6.10 Å². The van der Waals surface area contributed by atoms with Gasteiger partial charge in [-0.25, -0.2) is 4.79 Å². The molecular formula is C29H50O7S2. The van der Waals surface area contributed by atoms with Gasteiger partial charge in [-0.1, -0.05) is 13.8 Å². The summed E-state index contributed by atoms with van der Waals surface area (Å²) in [6.45, 7) is 9.46. The van der Waals surface area contributed by atoms with Crippen molar-refractivity contribution < 1.29 is 33.3 Å². The largest absolute Gasteiger partial charge is 0.465 e. The summed E-state index contributed by atoms with van der Waals surface area (Å²) in [6, 6.07) is 0. The zero-order valence-corrected chi connectivity index (χ0v) is 25.6. The number of Topliss-reactive ketones (excluding diaryl/α,β-unsaturated/α-hetero) is 1. The molecule has 2 fully saturated rings. The summed E-state index contributed by atoms with van der Waals surface area (Å²) in [5.41, 5.74) is 0. The third-order valence-electron chi connectivity index (χ3n) is 7.78. The fourth-order valence-electron chi connectivity index (χ4n) is 5.14. The number of hydrogen-bond donors (Lipinski definition) is 2. The lowest BCUT2D eigenvalue weighted by molar-refractivity contribution is -0.159. The minimum Gasteiger partial charge on any atom is -0.465 e. The highest BCUT2D eigenvalue weighted by Gasteiger charge is 2.27. The van der Waals surface area contributed by atoms with Crippen LogP contribution in [-0.4, -0.2) is 66.9 Å². The lowest BCUT2D eigenvalue weighted by atomic mass is 9.83. The molecule has 4 atom stereocenters. The van der Waals surface area contributed by atoms with Gasteiger partial charge >= 0.3 is 11.9 Å². The first-order valence-corrected chi connectivity index (χ1v) is 15.5. The van der Waals surface area contributed by atoms with Crippen LogP contribution in [0.2, 0.25) is 0 Å². The van der Waals surface area contributed by atoms with Crippen molar-refractivity contribution in [2.24, 2.45) is 23.7 Å². The second-order valence-electron chi connectivity index (χ2n) is 11.6. The molecule has 7 nitrogen and oxygen atoms in total. The van der Waals surface area contributed by atoms with E-state index in [0.717, 1.165) is 51.4 Å². The Hall–Kier alpha value is -0.770. The van der Waals surface area contributed by atoms with Crippen LogP contribution in [0.25, 0.3) is 0 Å². The molecule has 4 unspecified atom stereocenters. The maximum absolute atomic E-state index is 12.5. The summed E-state index contributed by atoms with van der Waals surface area (Å²) in [4.78, 5) is 36.2. The zero-order chi connectivity index (χ0) is 28.1. The number of ketones is 1. The van der Waals surface area contributed by atoms with Crippen LogP contribution in [0.15, 0.2) is 0 Å². The summed E-state index contributed by atoms with van der Waals surface area (Å²) in [5, 5.41) is 0.0704. The van der Waals surface area contributed by atoms with E-state index in [-0.39, 0.29) is 34.3 Å². The molecule has 0 aromatic heterocycles. The highest BCUT2D eigenvalue weighted by molar-refractivity contribution is 7.81. The minimum atomic E-state index is -0.569. The molecule has 0 bridgehead atoms. The Morgan fingerprint density at radius 3 is 1.45 bits per heavy atom. The monoisotopic (exact) mass is 574 g/mol. The van der Waals surface area contributed by atoms with E-state index in [1.807, 2.05) is 20.8 Å². The molecular weight excluding hydrogens is 524 g/mol. The van der Waals surface area contributed by atoms with Crippen LogP contribution < -0.4 is 0 Å². The van der Waals surface area contributed by atoms with E-state index in [1.165, 1.54) is 0 Å². The zero-order valence-electron chi connectivity index (χ0n) is 23.8. The van der Waals surface area contributed by atoms with Gasteiger partial charge in [0, 0.05) is 16.9 Å². The highest BCUT2D eigenvalue weighted by Crippen LogP contribution is 2.31. The van der Waals surface area contributed by atoms with Gasteiger partial charge in [-0.15, -0.1) is 0 Å². The lowest BCUT2D eigenvalue weighted by Crippen LogP contribution is -2.30. The molecule has 0 saturated heterocycles. The lowest BCUT2D eigenvalue weighted by Gasteiger charge is -2.29. The molecule has 0 heterocycles. The molecule has 2 aliphatic rings. The molecule has 0 N–H and O–H groups in total. The molecule has 0 amide bonds. The van der Waals surface area contributed by atoms with Crippen LogP contribution in [0.3, 0.4) is 0 Å². The van der Waals surface area contributed by atoms with E-state index in [9.17, 15) is 14.4 Å². The number of ether oxygens (including phenoxy) is 4. The molecule has 9 heteroatoms. The van der Waals surface area contributed by atoms with Crippen molar-refractivity contribution in [1.29, 1.82) is 0 Å². The molecule has 0 radical (unpaired) electrons. The smallest absolute Gasteiger partial charge is 0.334 e. The number of hydrogen-bond acceptors (Lipinski definition) is 9. The van der Waals surface area contributed by atoms with Gasteiger partial charge in [-0.05, 0) is 88.9 Å². The van der Waals surface area contributed by atoms with E-state index >= 15 is 0 Å². The summed E-state index contributed by atoms with van der Waals surface area (Å²) < 4.78 is 22.6. The molecule has 0 spiro atoms. The first-order valence-electron chi connectivity index (χ1n) is 14.5. The summed E-state index contributed by atoms with van der Waals surface area (Å²) >= 11 is 8.51. The van der Waals surface area contributed by atoms with Gasteiger partial charge in [-0.3, -0.25) is 9.59 Å². The van der Waals surface area contributed by atoms with E-state index in [0.29, 0.717) is 62.9 Å². The van der Waals surface area contributed by atoms with Crippen LogP contribution in [0.5, 0.6) is 0 Å². The number of esters is 2. The Morgan fingerprint density at radius 1 is 0.605 bits per heavy atom. The maximum atomic E-state index is 12.5. The van der Waals surface area contributed by atoms with E-state index in [1.54, 1.807) is 6.92 Å². The van der Waals surface area contributed by atoms with Crippen molar-refractivity contribution in [2.75, 3.05) is 26.4 Å². The van der Waals surface area contributed by atoms with Gasteiger partial charge in [0.05, 0.1) is 32.8 Å². The number of thiol groups is 2. The summed E-state index contributed by atoms with van der Waals surface area (Å²) in [5.74, 6) is 1.28. The van der Waals surface area contributed by atoms with Gasteiger partial charge in [-0.2, -0.15) is 25.3 Å². The summed E-state index contributed by atoms with van der Waals surface area (Å²) in [7, 11) is 0. The van der Waals surface area contributed by atoms with E-state index in [4.69, 9.17) is 18.9 Å². The normalized spacial score (nSPS) is 27.1. The van der Waals surface area contributed by atoms with Gasteiger partial charge in [0.2, 0.25) is 0 Å². The molecule has 38 heavy (non-hydrogen) atoms. The fraction of sp³-hybridized carbons (Fsp3) is 0.897. The average molecular weight is 575 g/mol. The van der Waals surface area contributed by atoms with Gasteiger partial charge in [0.25, 0.3) is 0 Å². The summed E-state index contributed by atoms with van der Waals surface area (Å²) in [6.07, 6.45) is 7.92. The highest BCUT2D eigenvalue weighted by atomic mass is 32.1. The van der Waals surface area contributed by atoms with Crippen LogP contribution >= 0.6 is 25.3 Å². The predicted molar refractivity (Wildman–Crippen MR) is 155 cm³/mol. The SMILES string of the molecule is CC(S)CC(=O)OCC1CCC(COC(C)C(=O)OCC2CCC(COC(C)C(=O)CC(C)S)CC2)CC1. The molecule has 220 valence electrons. The van der Waals surface area contributed by atoms with Crippen LogP contribution in [0.4, 0.5) is 0 Å². The van der Waals surface area contributed by atoms with Crippen LogP contribution in [-0.2, 0) is 33.3 Å². The second-order valence-corrected chi connectivity index (χ2v) is 13.4. The third-order valence-corrected chi connectivity index (χ3v) is 8.15. The molecule has 2 saturated carbocycles. The Labute approximate surface area is 240 Å². The molecule has 2 rings (SSSR count). The van der Waals surface area contributed by atoms with Crippen molar-refractivity contribution in [1.82, 2.24) is 0 Å². The average Bonchev–Trinajstić information content (AvgIpc) is 2.88. The Kier molecular flexibility index (Phi) is 15.7. The van der Waals surface area contributed by atoms with Crippen LogP contribution in [0, 0.1) is 23.7 Å². The van der Waals surface area contributed by atoms with Crippen molar-refractivity contribution in [3.63, 3.8) is 0 Å². The van der Waals surface area contributed by atoms with Crippen molar-refractivity contribution in [2.45, 2.75) is 115 Å². The number of rotatable bonds is 16. The Bertz CT molecular complexity index is 714. The second kappa shape index (κ2) is 17.8. The van der Waals surface area contributed by atoms with E-state index in [2.05, 4.69) is 25.3 Å². The first kappa shape index (κ1) is 33.4. The van der Waals surface area contributed by atoms with Gasteiger partial charge < -0.3 is 18.9 Å². The molecule has 0 aliphatic heterocycles. The Balaban J connectivity index is 1.53. The number of carbonyl (C=O) groups is 3. The minimum absolute atomic E-state index is 0.0180. The molecule has 0 aromatic carbocycles. The standard InChI is InChI=1S/C29H50O7S2/c1-19(37)13-27(30)21(3)33-15-23-7-11-26(12-8-23)18-36-29(32)22(4)34-16-24-5-9-25(10-6-24)17-35-28(31)14-20(2)38/h19-26,37-38H,5-18H2,1-4H3. The maximum Gasteiger partial charge on any atom is 0.334 e. The molecule has 2 aliphatic carbocycles. The Morgan fingerprint density at radius 2 is 1.00 bits per heavy atom. The molecule has 0 aromatic rings. The van der Waals surface area contributed by atoms with Crippen molar-refractivity contribution in [3.05, 3.63) is 0 Å². The third kappa shape index (κ3) is 13.5.